The molecule has 0 saturated heterocycles. The lowest BCUT2D eigenvalue weighted by Crippen LogP contribution is -1.76. The zero-order valence-electron chi connectivity index (χ0n) is 6.26. The van der Waals surface area contributed by atoms with Gasteiger partial charge < -0.3 is 4.42 Å². The lowest BCUT2D eigenvalue weighted by molar-refractivity contribution is 0.550. The quantitative estimate of drug-likeness (QED) is 0.622. The molecule has 1 heteroatoms. The van der Waals surface area contributed by atoms with Crippen LogP contribution in [0.25, 0.3) is 5.57 Å². The summed E-state index contributed by atoms with van der Waals surface area (Å²) >= 11 is 0. The van der Waals surface area contributed by atoms with Crippen molar-refractivity contribution in [2.45, 2.75) is 19.8 Å². The van der Waals surface area contributed by atoms with E-state index in [-0.39, 0.29) is 0 Å². The van der Waals surface area contributed by atoms with Gasteiger partial charge in [-0.1, -0.05) is 19.9 Å². The Kier molecular flexibility index (Phi) is 2.32. The fourth-order valence-electron chi connectivity index (χ4n) is 0.905. The van der Waals surface area contributed by atoms with E-state index >= 15 is 0 Å². The first-order chi connectivity index (χ1) is 4.84. The van der Waals surface area contributed by atoms with Crippen molar-refractivity contribution in [1.29, 1.82) is 0 Å². The molecule has 1 aromatic heterocycles. The number of hydrogen-bond acceptors (Lipinski definition) is 1. The van der Waals surface area contributed by atoms with Crippen LogP contribution < -0.4 is 0 Å². The summed E-state index contributed by atoms with van der Waals surface area (Å²) in [5.74, 6) is 0.918. The summed E-state index contributed by atoms with van der Waals surface area (Å²) in [6, 6.07) is 3.83. The molecule has 0 aliphatic carbocycles. The minimum Gasteiger partial charge on any atom is -0.465 e. The first-order valence-corrected chi connectivity index (χ1v) is 3.56. The van der Waals surface area contributed by atoms with E-state index in [4.69, 9.17) is 4.42 Å². The topological polar surface area (TPSA) is 13.1 Å². The molecule has 54 valence electrons. The third-order valence-electron chi connectivity index (χ3n) is 1.42. The van der Waals surface area contributed by atoms with E-state index in [1.807, 2.05) is 12.1 Å². The summed E-state index contributed by atoms with van der Waals surface area (Å²) in [6.07, 6.45) is 3.82. The molecule has 10 heavy (non-hydrogen) atoms. The molecule has 0 aromatic carbocycles. The zero-order chi connectivity index (χ0) is 7.40. The van der Waals surface area contributed by atoms with Gasteiger partial charge in [0.15, 0.2) is 0 Å². The van der Waals surface area contributed by atoms with Crippen molar-refractivity contribution < 1.29 is 4.42 Å². The van der Waals surface area contributed by atoms with Crippen LogP contribution in [0.4, 0.5) is 0 Å². The van der Waals surface area contributed by atoms with Crippen LogP contribution in [0.5, 0.6) is 0 Å². The third kappa shape index (κ3) is 1.50. The number of allylic oxidation sites excluding steroid dienone is 1. The highest BCUT2D eigenvalue weighted by Crippen LogP contribution is 2.17. The average molecular weight is 136 g/mol. The molecule has 0 fully saturated rings. The van der Waals surface area contributed by atoms with Crippen LogP contribution in [-0.4, -0.2) is 0 Å². The van der Waals surface area contributed by atoms with Crippen molar-refractivity contribution in [3.8, 4) is 0 Å². The molecular formula is C9H12O. The van der Waals surface area contributed by atoms with Crippen LogP contribution in [0, 0.1) is 0 Å². The second-order valence-corrected chi connectivity index (χ2v) is 2.33. The summed E-state index contributed by atoms with van der Waals surface area (Å²) in [4.78, 5) is 0. The molecular weight excluding hydrogens is 124 g/mol. The van der Waals surface area contributed by atoms with Crippen molar-refractivity contribution in [3.63, 3.8) is 0 Å². The van der Waals surface area contributed by atoms with E-state index < -0.39 is 0 Å². The van der Waals surface area contributed by atoms with Gasteiger partial charge in [0.1, 0.15) is 5.76 Å². The van der Waals surface area contributed by atoms with E-state index in [0.717, 1.165) is 24.2 Å². The Balaban J connectivity index is 2.59. The first-order valence-electron chi connectivity index (χ1n) is 3.56. The largest absolute Gasteiger partial charge is 0.465 e. The van der Waals surface area contributed by atoms with Gasteiger partial charge >= 0.3 is 0 Å². The van der Waals surface area contributed by atoms with Gasteiger partial charge in [-0.3, -0.25) is 0 Å². The van der Waals surface area contributed by atoms with Gasteiger partial charge in [0.2, 0.25) is 0 Å². The van der Waals surface area contributed by atoms with Gasteiger partial charge in [-0.05, 0) is 24.1 Å². The number of hydrogen-bond donors (Lipinski definition) is 0. The molecule has 0 amide bonds. The molecule has 0 bridgehead atoms. The lowest BCUT2D eigenvalue weighted by atomic mass is 10.1. The van der Waals surface area contributed by atoms with Crippen LogP contribution in [0.15, 0.2) is 29.4 Å². The van der Waals surface area contributed by atoms with Crippen molar-refractivity contribution >= 4 is 5.57 Å². The molecule has 0 aliphatic heterocycles. The summed E-state index contributed by atoms with van der Waals surface area (Å²) < 4.78 is 5.15. The van der Waals surface area contributed by atoms with Crippen LogP contribution in [0.2, 0.25) is 0 Å². The van der Waals surface area contributed by atoms with Gasteiger partial charge in [0, 0.05) is 0 Å². The molecule has 0 aliphatic rings. The Labute approximate surface area is 61.4 Å². The monoisotopic (exact) mass is 136 g/mol. The molecule has 1 aromatic rings. The normalized spacial score (nSPS) is 9.70. The van der Waals surface area contributed by atoms with Gasteiger partial charge in [-0.25, -0.2) is 0 Å². The average Bonchev–Trinajstić information content (AvgIpc) is 2.38. The van der Waals surface area contributed by atoms with E-state index in [9.17, 15) is 0 Å². The van der Waals surface area contributed by atoms with E-state index in [1.165, 1.54) is 0 Å². The molecule has 1 rings (SSSR count). The van der Waals surface area contributed by atoms with Gasteiger partial charge in [0.05, 0.1) is 6.26 Å². The maximum atomic E-state index is 5.15. The summed E-state index contributed by atoms with van der Waals surface area (Å²) in [5.41, 5.74) is 1.09. The molecule has 0 radical (unpaired) electrons. The van der Waals surface area contributed by atoms with Gasteiger partial charge in [-0.2, -0.15) is 0 Å². The summed E-state index contributed by atoms with van der Waals surface area (Å²) in [7, 11) is 0. The Morgan fingerprint density at radius 3 is 3.00 bits per heavy atom. The minimum atomic E-state index is 0.918. The molecule has 0 unspecified atom stereocenters. The lowest BCUT2D eigenvalue weighted by Gasteiger charge is -1.96. The summed E-state index contributed by atoms with van der Waals surface area (Å²) in [6.45, 7) is 6.03. The highest BCUT2D eigenvalue weighted by atomic mass is 16.3. The Morgan fingerprint density at radius 1 is 1.70 bits per heavy atom. The third-order valence-corrected chi connectivity index (χ3v) is 1.42. The van der Waals surface area contributed by atoms with Crippen molar-refractivity contribution in [3.05, 3.63) is 30.7 Å². The predicted octanol–water partition coefficient (Wildman–Crippen LogP) is 3.09. The van der Waals surface area contributed by atoms with E-state index in [1.54, 1.807) is 6.26 Å². The maximum absolute atomic E-state index is 5.15. The molecule has 0 saturated carbocycles. The fraction of sp³-hybridized carbons (Fsp3) is 0.333. The molecule has 0 atom stereocenters. The summed E-state index contributed by atoms with van der Waals surface area (Å²) in [5, 5.41) is 0. The van der Waals surface area contributed by atoms with Crippen LogP contribution >= 0.6 is 0 Å². The van der Waals surface area contributed by atoms with Crippen LogP contribution in [0.3, 0.4) is 0 Å². The second kappa shape index (κ2) is 3.25. The highest BCUT2D eigenvalue weighted by Gasteiger charge is 1.98. The minimum absolute atomic E-state index is 0.918. The number of furan rings is 1. The van der Waals surface area contributed by atoms with Crippen molar-refractivity contribution in [2.24, 2.45) is 0 Å². The highest BCUT2D eigenvalue weighted by molar-refractivity contribution is 5.58. The zero-order valence-corrected chi connectivity index (χ0v) is 6.26. The molecule has 0 N–H and O–H groups in total. The Morgan fingerprint density at radius 2 is 2.50 bits per heavy atom. The van der Waals surface area contributed by atoms with Gasteiger partial charge in [-0.15, -0.1) is 0 Å². The Bertz CT molecular complexity index is 197. The van der Waals surface area contributed by atoms with Crippen molar-refractivity contribution in [2.75, 3.05) is 0 Å². The molecule has 0 spiro atoms. The maximum Gasteiger partial charge on any atom is 0.129 e. The first kappa shape index (κ1) is 7.13. The van der Waals surface area contributed by atoms with E-state index in [0.29, 0.717) is 0 Å². The Hall–Kier alpha value is -0.980. The predicted molar refractivity (Wildman–Crippen MR) is 42.7 cm³/mol. The van der Waals surface area contributed by atoms with Crippen LogP contribution in [0.1, 0.15) is 25.5 Å². The van der Waals surface area contributed by atoms with Crippen molar-refractivity contribution in [1.82, 2.24) is 0 Å². The second-order valence-electron chi connectivity index (χ2n) is 2.33. The van der Waals surface area contributed by atoms with Gasteiger partial charge in [0.25, 0.3) is 0 Å². The van der Waals surface area contributed by atoms with E-state index in [2.05, 4.69) is 13.5 Å². The fourth-order valence-corrected chi connectivity index (χ4v) is 0.905. The standard InChI is InChI=1S/C9H12O/c1-3-5-8(2)9-6-4-7-10-9/h4,6-7H,2-3,5H2,1H3. The SMILES string of the molecule is C=C(CCC)c1ccco1. The smallest absolute Gasteiger partial charge is 0.129 e. The molecule has 1 nitrogen and oxygen atoms in total. The number of rotatable bonds is 3. The van der Waals surface area contributed by atoms with Crippen LogP contribution in [-0.2, 0) is 0 Å². The molecule has 1 heterocycles.